The molecule has 2 aliphatic heterocycles. The van der Waals surface area contributed by atoms with Crippen molar-refractivity contribution < 1.29 is 5.11 Å². The Morgan fingerprint density at radius 3 is 2.47 bits per heavy atom. The number of piperazine rings is 1. The Kier molecular flexibility index (Phi) is 6.85. The van der Waals surface area contributed by atoms with Crippen LogP contribution in [0.3, 0.4) is 0 Å². The largest absolute Gasteiger partial charge is 0.387 e. The molecule has 0 amide bonds. The van der Waals surface area contributed by atoms with Crippen molar-refractivity contribution in [2.45, 2.75) is 38.8 Å². The zero-order valence-corrected chi connectivity index (χ0v) is 20.1. The Bertz CT molecular complexity index is 1110. The SMILES string of the molecule is CC(O)c1cc2cnc(Nc3ccc(CN4CCN(C)CC4)cn3)nc2c(N2CCCCC2)n1. The van der Waals surface area contributed by atoms with E-state index in [1.54, 1.807) is 13.1 Å². The third-order valence-corrected chi connectivity index (χ3v) is 6.72. The van der Waals surface area contributed by atoms with Gasteiger partial charge in [-0.05, 0) is 50.9 Å². The van der Waals surface area contributed by atoms with Gasteiger partial charge in [0.15, 0.2) is 5.82 Å². The van der Waals surface area contributed by atoms with Crippen LogP contribution in [0.5, 0.6) is 0 Å². The smallest absolute Gasteiger partial charge is 0.229 e. The molecule has 0 aromatic carbocycles. The van der Waals surface area contributed by atoms with Crippen LogP contribution >= 0.6 is 0 Å². The molecule has 0 radical (unpaired) electrons. The van der Waals surface area contributed by atoms with E-state index in [1.165, 1.54) is 12.0 Å². The minimum Gasteiger partial charge on any atom is -0.387 e. The minimum absolute atomic E-state index is 0.497. The van der Waals surface area contributed by atoms with Gasteiger partial charge < -0.3 is 20.2 Å². The first-order chi connectivity index (χ1) is 16.5. The molecule has 0 aliphatic carbocycles. The fourth-order valence-electron chi connectivity index (χ4n) is 4.61. The number of likely N-dealkylation sites (N-methyl/N-ethyl adjacent to an activating group) is 1. The molecule has 0 spiro atoms. The number of hydrogen-bond donors (Lipinski definition) is 2. The summed E-state index contributed by atoms with van der Waals surface area (Å²) in [5, 5.41) is 14.3. The summed E-state index contributed by atoms with van der Waals surface area (Å²) >= 11 is 0. The Hall–Kier alpha value is -2.88. The topological polar surface area (TPSA) is 93.5 Å². The van der Waals surface area contributed by atoms with Crippen molar-refractivity contribution in [3.63, 3.8) is 0 Å². The molecule has 34 heavy (non-hydrogen) atoms. The van der Waals surface area contributed by atoms with E-state index in [0.717, 1.165) is 81.2 Å². The summed E-state index contributed by atoms with van der Waals surface area (Å²) < 4.78 is 0. The number of fused-ring (bicyclic) bond motifs is 1. The molecule has 5 rings (SSSR count). The molecule has 1 atom stereocenters. The highest BCUT2D eigenvalue weighted by Crippen LogP contribution is 2.29. The molecule has 3 aromatic rings. The van der Waals surface area contributed by atoms with Crippen LogP contribution in [0, 0.1) is 0 Å². The van der Waals surface area contributed by atoms with Crippen LogP contribution < -0.4 is 10.2 Å². The monoisotopic (exact) mass is 462 g/mol. The molecule has 2 saturated heterocycles. The highest BCUT2D eigenvalue weighted by atomic mass is 16.3. The Morgan fingerprint density at radius 1 is 0.971 bits per heavy atom. The first-order valence-electron chi connectivity index (χ1n) is 12.3. The van der Waals surface area contributed by atoms with E-state index in [2.05, 4.69) is 43.1 Å². The third-order valence-electron chi connectivity index (χ3n) is 6.72. The van der Waals surface area contributed by atoms with Gasteiger partial charge in [0.05, 0.1) is 11.8 Å². The number of nitrogens with one attached hydrogen (secondary N) is 1. The summed E-state index contributed by atoms with van der Waals surface area (Å²) in [5.74, 6) is 2.04. The molecule has 2 aliphatic rings. The number of rotatable bonds is 6. The first kappa shape index (κ1) is 22.9. The first-order valence-corrected chi connectivity index (χ1v) is 12.3. The summed E-state index contributed by atoms with van der Waals surface area (Å²) in [4.78, 5) is 25.8. The van der Waals surface area contributed by atoms with Gasteiger partial charge in [0, 0.05) is 63.6 Å². The van der Waals surface area contributed by atoms with Crippen molar-refractivity contribution >= 4 is 28.5 Å². The molecule has 5 heterocycles. The number of hydrogen-bond acceptors (Lipinski definition) is 9. The Morgan fingerprint density at radius 2 is 1.76 bits per heavy atom. The van der Waals surface area contributed by atoms with E-state index in [0.29, 0.717) is 11.6 Å². The number of nitrogens with zero attached hydrogens (tertiary/aromatic N) is 7. The third kappa shape index (κ3) is 5.27. The number of anilines is 3. The zero-order valence-electron chi connectivity index (χ0n) is 20.1. The van der Waals surface area contributed by atoms with Crippen LogP contribution in [0.4, 0.5) is 17.6 Å². The average molecular weight is 463 g/mol. The molecule has 9 nitrogen and oxygen atoms in total. The summed E-state index contributed by atoms with van der Waals surface area (Å²) in [5.41, 5.74) is 2.65. The predicted molar refractivity (Wildman–Crippen MR) is 134 cm³/mol. The summed E-state index contributed by atoms with van der Waals surface area (Å²) in [6.07, 6.45) is 6.61. The lowest BCUT2D eigenvalue weighted by Crippen LogP contribution is -2.43. The fourth-order valence-corrected chi connectivity index (χ4v) is 4.61. The molecule has 0 saturated carbocycles. The maximum Gasteiger partial charge on any atom is 0.229 e. The van der Waals surface area contributed by atoms with Crippen molar-refractivity contribution in [1.82, 2.24) is 29.7 Å². The van der Waals surface area contributed by atoms with Gasteiger partial charge in [0.25, 0.3) is 0 Å². The molecule has 2 fully saturated rings. The lowest BCUT2D eigenvalue weighted by molar-refractivity contribution is 0.148. The molecular weight excluding hydrogens is 428 g/mol. The maximum atomic E-state index is 10.1. The molecule has 2 N–H and O–H groups in total. The van der Waals surface area contributed by atoms with Crippen molar-refractivity contribution in [1.29, 1.82) is 0 Å². The molecule has 1 unspecified atom stereocenters. The zero-order chi connectivity index (χ0) is 23.5. The Balaban J connectivity index is 1.35. The van der Waals surface area contributed by atoms with Crippen molar-refractivity contribution in [2.75, 3.05) is 56.5 Å². The molecule has 9 heteroatoms. The van der Waals surface area contributed by atoms with Gasteiger partial charge in [0.2, 0.25) is 5.95 Å². The van der Waals surface area contributed by atoms with Crippen LogP contribution in [0.1, 0.15) is 43.5 Å². The summed E-state index contributed by atoms with van der Waals surface area (Å²) in [7, 11) is 2.17. The van der Waals surface area contributed by atoms with Gasteiger partial charge in [-0.15, -0.1) is 0 Å². The van der Waals surface area contributed by atoms with Crippen LogP contribution in [0.25, 0.3) is 10.9 Å². The van der Waals surface area contributed by atoms with Crippen molar-refractivity contribution in [3.05, 3.63) is 41.9 Å². The van der Waals surface area contributed by atoms with E-state index in [1.807, 2.05) is 18.3 Å². The number of aromatic nitrogens is 4. The summed E-state index contributed by atoms with van der Waals surface area (Å²) in [6.45, 7) is 8.97. The second-order valence-corrected chi connectivity index (χ2v) is 9.48. The van der Waals surface area contributed by atoms with E-state index in [9.17, 15) is 5.11 Å². The predicted octanol–water partition coefficient (Wildman–Crippen LogP) is 2.95. The number of pyridine rings is 2. The van der Waals surface area contributed by atoms with Gasteiger partial charge in [-0.1, -0.05) is 6.07 Å². The standard InChI is InChI=1S/C25H34N8O/c1-18(34)21-14-20-16-27-25(30-23(20)24(28-21)33-8-4-3-5-9-33)29-22-7-6-19(15-26-22)17-32-12-10-31(2)11-13-32/h6-7,14-16,18,34H,3-5,8-13,17H2,1-2H3,(H,26,27,29,30). The molecule has 0 bridgehead atoms. The van der Waals surface area contributed by atoms with E-state index >= 15 is 0 Å². The van der Waals surface area contributed by atoms with Gasteiger partial charge >= 0.3 is 0 Å². The Labute approximate surface area is 200 Å². The highest BCUT2D eigenvalue weighted by Gasteiger charge is 2.19. The van der Waals surface area contributed by atoms with Crippen molar-refractivity contribution in [2.24, 2.45) is 0 Å². The minimum atomic E-state index is -0.640. The fraction of sp³-hybridized carbons (Fsp3) is 0.520. The van der Waals surface area contributed by atoms with Crippen LogP contribution in [-0.2, 0) is 6.54 Å². The van der Waals surface area contributed by atoms with Gasteiger partial charge in [-0.2, -0.15) is 0 Å². The van der Waals surface area contributed by atoms with E-state index in [-0.39, 0.29) is 0 Å². The lowest BCUT2D eigenvalue weighted by atomic mass is 10.1. The van der Waals surface area contributed by atoms with E-state index in [4.69, 9.17) is 9.97 Å². The van der Waals surface area contributed by atoms with Gasteiger partial charge in [0.1, 0.15) is 11.3 Å². The van der Waals surface area contributed by atoms with Crippen LogP contribution in [0.2, 0.25) is 0 Å². The highest BCUT2D eigenvalue weighted by molar-refractivity contribution is 5.89. The average Bonchev–Trinajstić information content (AvgIpc) is 2.86. The normalized spacial score (nSPS) is 18.9. The van der Waals surface area contributed by atoms with Crippen LogP contribution in [-0.4, -0.2) is 81.2 Å². The number of aliphatic hydroxyl groups is 1. The number of aliphatic hydroxyl groups excluding tert-OH is 1. The molecular formula is C25H34N8O. The van der Waals surface area contributed by atoms with Crippen molar-refractivity contribution in [3.8, 4) is 0 Å². The van der Waals surface area contributed by atoms with Gasteiger partial charge in [-0.25, -0.2) is 19.9 Å². The lowest BCUT2D eigenvalue weighted by Gasteiger charge is -2.32. The number of piperidine rings is 1. The molecule has 180 valence electrons. The van der Waals surface area contributed by atoms with E-state index < -0.39 is 6.10 Å². The summed E-state index contributed by atoms with van der Waals surface area (Å²) in [6, 6.07) is 5.98. The quantitative estimate of drug-likeness (QED) is 0.573. The molecule has 3 aromatic heterocycles. The maximum absolute atomic E-state index is 10.1. The van der Waals surface area contributed by atoms with Crippen LogP contribution in [0.15, 0.2) is 30.6 Å². The second kappa shape index (κ2) is 10.2. The van der Waals surface area contributed by atoms with Gasteiger partial charge in [-0.3, -0.25) is 4.90 Å². The second-order valence-electron chi connectivity index (χ2n) is 9.48.